The van der Waals surface area contributed by atoms with Crippen molar-refractivity contribution in [3.05, 3.63) is 11.6 Å². The molecule has 0 aromatic heterocycles. The lowest BCUT2D eigenvalue weighted by atomic mass is 9.53. The van der Waals surface area contributed by atoms with Crippen molar-refractivity contribution in [1.29, 1.82) is 0 Å². The third-order valence-corrected chi connectivity index (χ3v) is 9.88. The van der Waals surface area contributed by atoms with Gasteiger partial charge in [-0.1, -0.05) is 20.8 Å². The van der Waals surface area contributed by atoms with Crippen LogP contribution in [0, 0.1) is 17.3 Å². The van der Waals surface area contributed by atoms with Crippen molar-refractivity contribution >= 4 is 35.8 Å². The van der Waals surface area contributed by atoms with Gasteiger partial charge in [-0.05, 0) is 31.9 Å². The molecule has 11 atom stereocenters. The van der Waals surface area contributed by atoms with Crippen molar-refractivity contribution in [2.75, 3.05) is 0 Å². The predicted molar refractivity (Wildman–Crippen MR) is 153 cm³/mol. The Morgan fingerprint density at radius 1 is 0.867 bits per heavy atom. The largest absolute Gasteiger partial charge is 0.462 e. The van der Waals surface area contributed by atoms with Gasteiger partial charge in [0, 0.05) is 64.2 Å². The monoisotopic (exact) mass is 636 g/mol. The number of fused-ring (bicyclic) bond motifs is 1. The maximum atomic E-state index is 13.3. The second-order valence-electron chi connectivity index (χ2n) is 13.0. The van der Waals surface area contributed by atoms with Gasteiger partial charge in [0.15, 0.2) is 17.3 Å². The molecule has 0 amide bonds. The predicted octanol–water partition coefficient (Wildman–Crippen LogP) is 2.89. The van der Waals surface area contributed by atoms with E-state index in [9.17, 15) is 28.8 Å². The van der Waals surface area contributed by atoms with Gasteiger partial charge in [-0.25, -0.2) is 4.79 Å². The molecule has 2 saturated heterocycles. The second kappa shape index (κ2) is 12.4. The van der Waals surface area contributed by atoms with Crippen LogP contribution in [-0.4, -0.2) is 83.6 Å². The first-order chi connectivity index (χ1) is 20.9. The molecule has 0 bridgehead atoms. The first-order valence-electron chi connectivity index (χ1n) is 15.4. The Hall–Kier alpha value is -3.48. The Morgan fingerprint density at radius 3 is 1.93 bits per heavy atom. The molecule has 11 unspecified atom stereocenters. The lowest BCUT2D eigenvalue weighted by molar-refractivity contribution is -0.237. The average Bonchev–Trinajstić information content (AvgIpc) is 3.50. The van der Waals surface area contributed by atoms with Crippen LogP contribution in [-0.2, 0) is 61.9 Å². The normalized spacial score (nSPS) is 40.2. The Balaban J connectivity index is 2.04. The van der Waals surface area contributed by atoms with Gasteiger partial charge in [0.2, 0.25) is 0 Å². The van der Waals surface area contributed by atoms with Crippen molar-refractivity contribution < 1.29 is 61.9 Å². The number of esters is 6. The Morgan fingerprint density at radius 2 is 1.42 bits per heavy atom. The standard InChI is InChI=1S/C32H44O13/c1-10-11-26(37)43-22-14-24(41-19(6)35)30(8)23(40-18(5)34)13-21(39-17(4)33)15(2)12-25-32(31(9,45-32)29(38)44-25)28(42-20(7)36)27(30)16(22)3/h12,16,21-25,27-28H,10-11,13-14H2,1-9H3. The third-order valence-electron chi connectivity index (χ3n) is 9.88. The third kappa shape index (κ3) is 5.95. The first-order valence-corrected chi connectivity index (χ1v) is 15.4. The minimum atomic E-state index is -1.56. The highest BCUT2D eigenvalue weighted by Crippen LogP contribution is 2.66. The highest BCUT2D eigenvalue weighted by atomic mass is 16.7. The second-order valence-corrected chi connectivity index (χ2v) is 13.0. The summed E-state index contributed by atoms with van der Waals surface area (Å²) in [6.07, 6.45) is -4.00. The summed E-state index contributed by atoms with van der Waals surface area (Å²) >= 11 is 0. The van der Waals surface area contributed by atoms with Gasteiger partial charge in [-0.15, -0.1) is 0 Å². The van der Waals surface area contributed by atoms with Crippen LogP contribution in [0.4, 0.5) is 0 Å². The van der Waals surface area contributed by atoms with Crippen LogP contribution in [0.25, 0.3) is 0 Å². The molecule has 0 aromatic carbocycles. The minimum absolute atomic E-state index is 0.0325. The number of carbonyl (C=O) groups excluding carboxylic acids is 6. The van der Waals surface area contributed by atoms with Crippen molar-refractivity contribution in [2.45, 2.75) is 136 Å². The number of rotatable bonds is 7. The van der Waals surface area contributed by atoms with Gasteiger partial charge in [-0.2, -0.15) is 0 Å². The van der Waals surface area contributed by atoms with Gasteiger partial charge in [0.25, 0.3) is 0 Å². The summed E-state index contributed by atoms with van der Waals surface area (Å²) in [7, 11) is 0. The molecule has 1 saturated carbocycles. The van der Waals surface area contributed by atoms with Crippen LogP contribution in [0.2, 0.25) is 0 Å². The fourth-order valence-electron chi connectivity index (χ4n) is 7.79. The van der Waals surface area contributed by atoms with Gasteiger partial charge in [0.05, 0.1) is 0 Å². The Labute approximate surface area is 262 Å². The Kier molecular flexibility index (Phi) is 9.46. The van der Waals surface area contributed by atoms with Crippen LogP contribution in [0.3, 0.4) is 0 Å². The van der Waals surface area contributed by atoms with Crippen LogP contribution < -0.4 is 0 Å². The maximum absolute atomic E-state index is 13.3. The zero-order valence-electron chi connectivity index (χ0n) is 27.3. The lowest BCUT2D eigenvalue weighted by Crippen LogP contribution is -2.67. The summed E-state index contributed by atoms with van der Waals surface area (Å²) in [6.45, 7) is 13.5. The molecule has 4 aliphatic rings. The summed E-state index contributed by atoms with van der Waals surface area (Å²) in [5.41, 5.74) is -4.00. The number of carbonyl (C=O) groups is 6. The molecule has 45 heavy (non-hydrogen) atoms. The first kappa shape index (κ1) is 34.4. The summed E-state index contributed by atoms with van der Waals surface area (Å²) in [5.74, 6) is -5.28. The SMILES string of the molecule is CCCC(=O)OC1CC(OC(C)=O)C2(C)C(OC(C)=O)CC(OC(C)=O)C(C)=CC3OC(=O)C4(C)OC34C(OC(C)=O)C2C1C. The van der Waals surface area contributed by atoms with Gasteiger partial charge >= 0.3 is 35.8 Å². The van der Waals surface area contributed by atoms with E-state index in [1.807, 2.05) is 6.92 Å². The number of hydrogen-bond acceptors (Lipinski definition) is 13. The van der Waals surface area contributed by atoms with Crippen LogP contribution in [0.1, 0.15) is 88.0 Å². The van der Waals surface area contributed by atoms with Gasteiger partial charge < -0.3 is 33.2 Å². The molecule has 13 heteroatoms. The van der Waals surface area contributed by atoms with Crippen molar-refractivity contribution in [1.82, 2.24) is 0 Å². The molecular weight excluding hydrogens is 592 g/mol. The molecule has 0 radical (unpaired) electrons. The van der Waals surface area contributed by atoms with Crippen molar-refractivity contribution in [3.63, 3.8) is 0 Å². The van der Waals surface area contributed by atoms with E-state index in [2.05, 4.69) is 0 Å². The quantitative estimate of drug-likeness (QED) is 0.173. The van der Waals surface area contributed by atoms with Crippen LogP contribution >= 0.6 is 0 Å². The van der Waals surface area contributed by atoms with E-state index in [4.69, 9.17) is 33.2 Å². The van der Waals surface area contributed by atoms with Crippen molar-refractivity contribution in [3.8, 4) is 0 Å². The molecular formula is C32H44O13. The molecule has 0 N–H and O–H groups in total. The lowest BCUT2D eigenvalue weighted by Gasteiger charge is -2.57. The maximum Gasteiger partial charge on any atom is 0.342 e. The topological polar surface area (TPSA) is 170 Å². The zero-order chi connectivity index (χ0) is 33.6. The summed E-state index contributed by atoms with van der Waals surface area (Å²) in [5, 5.41) is 0. The van der Waals surface area contributed by atoms with E-state index in [-0.39, 0.29) is 19.3 Å². The molecule has 250 valence electrons. The summed E-state index contributed by atoms with van der Waals surface area (Å²) < 4.78 is 41.8. The van der Waals surface area contributed by atoms with Crippen LogP contribution in [0.5, 0.6) is 0 Å². The average molecular weight is 637 g/mol. The van der Waals surface area contributed by atoms with Crippen molar-refractivity contribution in [2.24, 2.45) is 17.3 Å². The summed E-state index contributed by atoms with van der Waals surface area (Å²) in [4.78, 5) is 76.6. The highest BCUT2D eigenvalue weighted by Gasteiger charge is 2.87. The smallest absolute Gasteiger partial charge is 0.342 e. The van der Waals surface area contributed by atoms with Gasteiger partial charge in [0.1, 0.15) is 30.5 Å². The van der Waals surface area contributed by atoms with E-state index in [1.165, 1.54) is 27.7 Å². The fourth-order valence-corrected chi connectivity index (χ4v) is 7.79. The molecule has 0 aromatic rings. The van der Waals surface area contributed by atoms with E-state index in [0.717, 1.165) is 0 Å². The molecule has 3 fully saturated rings. The molecule has 2 aliphatic carbocycles. The fraction of sp³-hybridized carbons (Fsp3) is 0.750. The molecule has 1 spiro atoms. The Bertz CT molecular complexity index is 1290. The van der Waals surface area contributed by atoms with E-state index in [0.29, 0.717) is 12.0 Å². The number of epoxide rings is 1. The minimum Gasteiger partial charge on any atom is -0.462 e. The molecule has 4 rings (SSSR count). The zero-order valence-corrected chi connectivity index (χ0v) is 27.3. The van der Waals surface area contributed by atoms with E-state index >= 15 is 0 Å². The summed E-state index contributed by atoms with van der Waals surface area (Å²) in [6, 6.07) is 0. The van der Waals surface area contributed by atoms with E-state index in [1.54, 1.807) is 33.8 Å². The molecule has 2 heterocycles. The van der Waals surface area contributed by atoms with Crippen LogP contribution in [0.15, 0.2) is 11.6 Å². The van der Waals surface area contributed by atoms with E-state index < -0.39 is 101 Å². The highest BCUT2D eigenvalue weighted by molar-refractivity contribution is 5.89. The number of ether oxygens (including phenoxy) is 7. The van der Waals surface area contributed by atoms with Gasteiger partial charge in [-0.3, -0.25) is 24.0 Å². The molecule has 2 aliphatic heterocycles. The molecule has 13 nitrogen and oxygen atoms in total. The number of hydrogen-bond donors (Lipinski definition) is 0.